The highest BCUT2D eigenvalue weighted by Crippen LogP contribution is 2.36. The summed E-state index contributed by atoms with van der Waals surface area (Å²) in [5.41, 5.74) is 3.24. The van der Waals surface area contributed by atoms with Crippen molar-refractivity contribution in [1.82, 2.24) is 5.32 Å². The van der Waals surface area contributed by atoms with Crippen LogP contribution in [0.15, 0.2) is 24.3 Å². The Morgan fingerprint density at radius 2 is 2.17 bits per heavy atom. The first-order valence-electron chi connectivity index (χ1n) is 7.59. The van der Waals surface area contributed by atoms with Gasteiger partial charge >= 0.3 is 0 Å². The van der Waals surface area contributed by atoms with Gasteiger partial charge in [0.2, 0.25) is 0 Å². The van der Waals surface area contributed by atoms with Gasteiger partial charge in [0, 0.05) is 0 Å². The van der Waals surface area contributed by atoms with Crippen molar-refractivity contribution in [3.63, 3.8) is 0 Å². The Labute approximate surface area is 112 Å². The van der Waals surface area contributed by atoms with Crippen LogP contribution in [0.25, 0.3) is 0 Å². The van der Waals surface area contributed by atoms with E-state index < -0.39 is 0 Å². The minimum atomic E-state index is 0.812. The molecule has 0 saturated carbocycles. The third kappa shape index (κ3) is 3.58. The van der Waals surface area contributed by atoms with Crippen molar-refractivity contribution < 1.29 is 0 Å². The maximum absolute atomic E-state index is 3.44. The summed E-state index contributed by atoms with van der Waals surface area (Å²) in [4.78, 5) is 0. The summed E-state index contributed by atoms with van der Waals surface area (Å²) in [6.45, 7) is 6.86. The van der Waals surface area contributed by atoms with E-state index in [1.165, 1.54) is 38.6 Å². The Morgan fingerprint density at radius 3 is 3.00 bits per heavy atom. The van der Waals surface area contributed by atoms with Gasteiger partial charge in [0.25, 0.3) is 0 Å². The highest BCUT2D eigenvalue weighted by molar-refractivity contribution is 5.32. The Morgan fingerprint density at radius 1 is 1.33 bits per heavy atom. The Bertz CT molecular complexity index is 358. The summed E-state index contributed by atoms with van der Waals surface area (Å²) in [6.07, 6.45) is 6.73. The molecule has 0 radical (unpaired) electrons. The van der Waals surface area contributed by atoms with Crippen LogP contribution in [0.3, 0.4) is 0 Å². The lowest BCUT2D eigenvalue weighted by atomic mass is 9.78. The average molecular weight is 245 g/mol. The Hall–Kier alpha value is -0.820. The predicted octanol–water partition coefficient (Wildman–Crippen LogP) is 4.13. The van der Waals surface area contributed by atoms with Crippen LogP contribution >= 0.6 is 0 Å². The van der Waals surface area contributed by atoms with E-state index in [1.807, 2.05) is 0 Å². The van der Waals surface area contributed by atoms with E-state index in [2.05, 4.69) is 43.4 Å². The summed E-state index contributed by atoms with van der Waals surface area (Å²) >= 11 is 0. The zero-order valence-corrected chi connectivity index (χ0v) is 11.9. The molecule has 0 amide bonds. The van der Waals surface area contributed by atoms with Crippen LogP contribution in [0.1, 0.15) is 56.6 Å². The quantitative estimate of drug-likeness (QED) is 0.743. The second-order valence-electron chi connectivity index (χ2n) is 5.77. The molecule has 1 heteroatoms. The fourth-order valence-corrected chi connectivity index (χ4v) is 3.23. The third-order valence-electron chi connectivity index (χ3n) is 4.24. The van der Waals surface area contributed by atoms with Crippen LogP contribution in [0.5, 0.6) is 0 Å². The van der Waals surface area contributed by atoms with Crippen LogP contribution in [0.2, 0.25) is 0 Å². The molecule has 1 aliphatic rings. The molecule has 100 valence electrons. The fraction of sp³-hybridized carbons (Fsp3) is 0.647. The number of hydrogen-bond donors (Lipinski definition) is 1. The van der Waals surface area contributed by atoms with Crippen molar-refractivity contribution in [2.24, 2.45) is 5.92 Å². The molecule has 0 aliphatic heterocycles. The molecule has 1 aromatic carbocycles. The molecule has 0 saturated heterocycles. The van der Waals surface area contributed by atoms with Gasteiger partial charge in [-0.3, -0.25) is 0 Å². The lowest BCUT2D eigenvalue weighted by Crippen LogP contribution is -2.18. The summed E-state index contributed by atoms with van der Waals surface area (Å²) in [6, 6.07) is 9.08. The highest BCUT2D eigenvalue weighted by atomic mass is 14.8. The van der Waals surface area contributed by atoms with Crippen molar-refractivity contribution in [3.8, 4) is 0 Å². The minimum absolute atomic E-state index is 0.812. The molecule has 1 aromatic rings. The second kappa shape index (κ2) is 6.94. The number of nitrogens with one attached hydrogen (secondary N) is 1. The van der Waals surface area contributed by atoms with Crippen LogP contribution in [-0.4, -0.2) is 13.1 Å². The number of fused-ring (bicyclic) bond motifs is 1. The van der Waals surface area contributed by atoms with Crippen LogP contribution in [0.4, 0.5) is 0 Å². The Balaban J connectivity index is 1.90. The van der Waals surface area contributed by atoms with E-state index in [4.69, 9.17) is 0 Å². The summed E-state index contributed by atoms with van der Waals surface area (Å²) in [7, 11) is 0. The molecule has 1 aliphatic carbocycles. The van der Waals surface area contributed by atoms with Gasteiger partial charge in [-0.25, -0.2) is 0 Å². The lowest BCUT2D eigenvalue weighted by Gasteiger charge is -2.27. The van der Waals surface area contributed by atoms with Gasteiger partial charge in [-0.1, -0.05) is 38.1 Å². The molecule has 1 nitrogen and oxygen atoms in total. The molecule has 0 fully saturated rings. The number of hydrogen-bond acceptors (Lipinski definition) is 1. The predicted molar refractivity (Wildman–Crippen MR) is 79.1 cm³/mol. The standard InChI is InChI=1S/C17H27N/c1-3-18-12-11-14(2)13-16-9-6-8-15-7-4-5-10-17(15)16/h4-5,7,10,14,16,18H,3,6,8-9,11-13H2,1-2H3. The largest absolute Gasteiger partial charge is 0.317 e. The van der Waals surface area contributed by atoms with Gasteiger partial charge in [-0.15, -0.1) is 0 Å². The summed E-state index contributed by atoms with van der Waals surface area (Å²) in [5.74, 6) is 1.65. The van der Waals surface area contributed by atoms with Gasteiger partial charge < -0.3 is 5.32 Å². The molecule has 2 unspecified atom stereocenters. The van der Waals surface area contributed by atoms with E-state index in [1.54, 1.807) is 11.1 Å². The Kier molecular flexibility index (Phi) is 5.25. The van der Waals surface area contributed by atoms with E-state index in [0.29, 0.717) is 0 Å². The maximum Gasteiger partial charge on any atom is -0.00465 e. The van der Waals surface area contributed by atoms with Crippen LogP contribution < -0.4 is 5.32 Å². The summed E-state index contributed by atoms with van der Waals surface area (Å²) in [5, 5.41) is 3.44. The molecular formula is C17H27N. The molecule has 1 N–H and O–H groups in total. The fourth-order valence-electron chi connectivity index (χ4n) is 3.23. The molecule has 18 heavy (non-hydrogen) atoms. The smallest absolute Gasteiger partial charge is 0.00465 e. The van der Waals surface area contributed by atoms with Crippen molar-refractivity contribution >= 4 is 0 Å². The number of aryl methyl sites for hydroxylation is 1. The van der Waals surface area contributed by atoms with E-state index in [0.717, 1.165) is 18.4 Å². The molecule has 0 heterocycles. The normalized spacial score (nSPS) is 20.4. The number of rotatable bonds is 6. The first-order valence-corrected chi connectivity index (χ1v) is 7.59. The van der Waals surface area contributed by atoms with E-state index >= 15 is 0 Å². The second-order valence-corrected chi connectivity index (χ2v) is 5.77. The molecule has 0 aromatic heterocycles. The van der Waals surface area contributed by atoms with Crippen molar-refractivity contribution in [2.45, 2.75) is 51.9 Å². The number of benzene rings is 1. The SMILES string of the molecule is CCNCCC(C)CC1CCCc2ccccc21. The van der Waals surface area contributed by atoms with Gasteiger partial charge in [-0.05, 0) is 68.2 Å². The van der Waals surface area contributed by atoms with Crippen LogP contribution in [-0.2, 0) is 6.42 Å². The lowest BCUT2D eigenvalue weighted by molar-refractivity contribution is 0.400. The first-order chi connectivity index (χ1) is 8.81. The highest BCUT2D eigenvalue weighted by Gasteiger charge is 2.21. The van der Waals surface area contributed by atoms with Crippen molar-refractivity contribution in [3.05, 3.63) is 35.4 Å². The zero-order valence-electron chi connectivity index (χ0n) is 11.9. The average Bonchev–Trinajstić information content (AvgIpc) is 2.39. The van der Waals surface area contributed by atoms with Gasteiger partial charge in [0.1, 0.15) is 0 Å². The molecule has 0 spiro atoms. The molecule has 2 rings (SSSR count). The molecule has 0 bridgehead atoms. The van der Waals surface area contributed by atoms with Gasteiger partial charge in [0.05, 0.1) is 0 Å². The monoisotopic (exact) mass is 245 g/mol. The van der Waals surface area contributed by atoms with E-state index in [9.17, 15) is 0 Å². The minimum Gasteiger partial charge on any atom is -0.317 e. The van der Waals surface area contributed by atoms with Crippen LogP contribution in [0, 0.1) is 5.92 Å². The molecular weight excluding hydrogens is 218 g/mol. The van der Waals surface area contributed by atoms with Gasteiger partial charge in [-0.2, -0.15) is 0 Å². The molecule has 2 atom stereocenters. The van der Waals surface area contributed by atoms with Crippen molar-refractivity contribution in [2.75, 3.05) is 13.1 Å². The zero-order chi connectivity index (χ0) is 12.8. The van der Waals surface area contributed by atoms with Gasteiger partial charge in [0.15, 0.2) is 0 Å². The van der Waals surface area contributed by atoms with Crippen molar-refractivity contribution in [1.29, 1.82) is 0 Å². The third-order valence-corrected chi connectivity index (χ3v) is 4.24. The topological polar surface area (TPSA) is 12.0 Å². The maximum atomic E-state index is 3.44. The first kappa shape index (κ1) is 13.6. The summed E-state index contributed by atoms with van der Waals surface area (Å²) < 4.78 is 0. The van der Waals surface area contributed by atoms with E-state index in [-0.39, 0.29) is 0 Å².